The second-order valence-corrected chi connectivity index (χ2v) is 16.4. The molecule has 0 aliphatic carbocycles. The molecule has 0 saturated carbocycles. The Balaban J connectivity index is 1.12. The molecular formula is C48H29NS3. The van der Waals surface area contributed by atoms with Gasteiger partial charge in [0.15, 0.2) is 0 Å². The smallest absolute Gasteiger partial charge is 0.0640 e. The lowest BCUT2D eigenvalue weighted by Crippen LogP contribution is -2.10. The summed E-state index contributed by atoms with van der Waals surface area (Å²) in [5.41, 5.74) is 8.52. The Kier molecular flexibility index (Phi) is 6.84. The number of anilines is 3. The van der Waals surface area contributed by atoms with Crippen LogP contribution in [-0.2, 0) is 0 Å². The zero-order valence-electron chi connectivity index (χ0n) is 27.9. The van der Waals surface area contributed by atoms with Crippen molar-refractivity contribution < 1.29 is 0 Å². The fourth-order valence-corrected chi connectivity index (χ4v) is 11.5. The Morgan fingerprint density at radius 2 is 0.923 bits per heavy atom. The normalized spacial score (nSPS) is 11.8. The number of benzene rings is 8. The summed E-state index contributed by atoms with van der Waals surface area (Å²) in [6.07, 6.45) is 0. The molecule has 52 heavy (non-hydrogen) atoms. The first kappa shape index (κ1) is 29.9. The first-order valence-corrected chi connectivity index (χ1v) is 20.0. The second kappa shape index (κ2) is 11.9. The zero-order chi connectivity index (χ0) is 34.2. The number of thiophene rings is 3. The van der Waals surface area contributed by atoms with Crippen molar-refractivity contribution in [1.82, 2.24) is 0 Å². The van der Waals surface area contributed by atoms with Crippen LogP contribution in [0.3, 0.4) is 0 Å². The highest BCUT2D eigenvalue weighted by molar-refractivity contribution is 7.27. The first-order chi connectivity index (χ1) is 25.8. The molecule has 0 amide bonds. The van der Waals surface area contributed by atoms with Crippen LogP contribution in [0.5, 0.6) is 0 Å². The number of nitrogens with zero attached hydrogens (tertiary/aromatic N) is 1. The Labute approximate surface area is 312 Å². The molecule has 0 fully saturated rings. The van der Waals surface area contributed by atoms with Crippen LogP contribution in [-0.4, -0.2) is 0 Å². The Morgan fingerprint density at radius 1 is 0.327 bits per heavy atom. The summed E-state index contributed by atoms with van der Waals surface area (Å²) in [5, 5.41) is 7.85. The van der Waals surface area contributed by atoms with Crippen LogP contribution in [0.15, 0.2) is 176 Å². The third-order valence-electron chi connectivity index (χ3n) is 10.3. The van der Waals surface area contributed by atoms with Crippen LogP contribution in [0, 0.1) is 0 Å². The number of fused-ring (bicyclic) bond motifs is 9. The van der Waals surface area contributed by atoms with E-state index in [0.29, 0.717) is 0 Å². The molecule has 0 bridgehead atoms. The summed E-state index contributed by atoms with van der Waals surface area (Å²) < 4.78 is 7.88. The van der Waals surface area contributed by atoms with E-state index in [-0.39, 0.29) is 0 Å². The van der Waals surface area contributed by atoms with Crippen molar-refractivity contribution in [3.63, 3.8) is 0 Å². The van der Waals surface area contributed by atoms with Crippen LogP contribution in [0.1, 0.15) is 0 Å². The predicted octanol–water partition coefficient (Wildman–Crippen LogP) is 15.6. The summed E-state index contributed by atoms with van der Waals surface area (Å²) >= 11 is 5.64. The molecule has 3 heterocycles. The third kappa shape index (κ3) is 4.65. The zero-order valence-corrected chi connectivity index (χ0v) is 30.4. The van der Waals surface area contributed by atoms with E-state index in [1.54, 1.807) is 0 Å². The van der Waals surface area contributed by atoms with E-state index >= 15 is 0 Å². The van der Waals surface area contributed by atoms with Crippen molar-refractivity contribution in [3.05, 3.63) is 176 Å². The molecule has 1 nitrogen and oxygen atoms in total. The van der Waals surface area contributed by atoms with Crippen molar-refractivity contribution in [2.45, 2.75) is 0 Å². The minimum atomic E-state index is 1.14. The molecule has 4 heteroatoms. The minimum Gasteiger partial charge on any atom is -0.308 e. The highest BCUT2D eigenvalue weighted by Crippen LogP contribution is 2.50. The standard InChI is InChI=1S/C48H29NS3/c1-2-11-31(12-3-1)34-15-8-16-37-38-17-9-19-41(48(38)52-47(34)37)49(40-18-10-22-44-46(40)39-14-5-7-21-43(39)50-44)33-26-23-30(24-27-33)32-25-28-36-35-13-4-6-20-42(35)51-45(36)29-32/h1-29H. The SMILES string of the molecule is c1ccc(-c2cccc3c2sc2c(N(c4ccc(-c5ccc6c(c5)sc5ccccc56)cc4)c4cccc5sc6ccccc6c45)cccc23)cc1. The molecule has 244 valence electrons. The number of hydrogen-bond donors (Lipinski definition) is 0. The van der Waals surface area contributed by atoms with Crippen LogP contribution < -0.4 is 4.90 Å². The first-order valence-electron chi connectivity index (χ1n) is 17.5. The van der Waals surface area contributed by atoms with Gasteiger partial charge in [-0.3, -0.25) is 0 Å². The van der Waals surface area contributed by atoms with Crippen molar-refractivity contribution in [3.8, 4) is 22.3 Å². The average Bonchev–Trinajstić information content (AvgIpc) is 3.90. The Bertz CT molecular complexity index is 3130. The highest BCUT2D eigenvalue weighted by Gasteiger charge is 2.22. The lowest BCUT2D eigenvalue weighted by Gasteiger charge is -2.27. The van der Waals surface area contributed by atoms with Gasteiger partial charge in [0.05, 0.1) is 16.1 Å². The Hall–Kier alpha value is -5.78. The third-order valence-corrected chi connectivity index (χ3v) is 13.8. The molecule has 11 aromatic rings. The van der Waals surface area contributed by atoms with E-state index in [4.69, 9.17) is 0 Å². The topological polar surface area (TPSA) is 3.24 Å². The van der Waals surface area contributed by atoms with Gasteiger partial charge < -0.3 is 4.90 Å². The minimum absolute atomic E-state index is 1.14. The summed E-state index contributed by atoms with van der Waals surface area (Å²) in [5.74, 6) is 0. The van der Waals surface area contributed by atoms with Crippen molar-refractivity contribution >= 4 is 112 Å². The maximum atomic E-state index is 2.50. The van der Waals surface area contributed by atoms with Gasteiger partial charge in [0, 0.05) is 61.5 Å². The van der Waals surface area contributed by atoms with Crippen LogP contribution in [0.2, 0.25) is 0 Å². The largest absolute Gasteiger partial charge is 0.308 e. The molecule has 0 aliphatic rings. The predicted molar refractivity (Wildman–Crippen MR) is 231 cm³/mol. The van der Waals surface area contributed by atoms with Gasteiger partial charge in [0.25, 0.3) is 0 Å². The van der Waals surface area contributed by atoms with E-state index in [2.05, 4.69) is 181 Å². The van der Waals surface area contributed by atoms with E-state index in [1.807, 2.05) is 34.0 Å². The van der Waals surface area contributed by atoms with Gasteiger partial charge in [-0.05, 0) is 70.8 Å². The Morgan fingerprint density at radius 3 is 1.77 bits per heavy atom. The maximum Gasteiger partial charge on any atom is 0.0640 e. The maximum absolute atomic E-state index is 2.50. The van der Waals surface area contributed by atoms with Gasteiger partial charge in [0.1, 0.15) is 0 Å². The quantitative estimate of drug-likeness (QED) is 0.171. The van der Waals surface area contributed by atoms with Crippen molar-refractivity contribution in [1.29, 1.82) is 0 Å². The molecule has 3 aromatic heterocycles. The average molecular weight is 716 g/mol. The molecule has 0 saturated heterocycles. The highest BCUT2D eigenvalue weighted by atomic mass is 32.1. The summed E-state index contributed by atoms with van der Waals surface area (Å²) in [6, 6.07) is 64.8. The molecule has 0 radical (unpaired) electrons. The van der Waals surface area contributed by atoms with Gasteiger partial charge in [-0.2, -0.15) is 0 Å². The molecule has 11 rings (SSSR count). The molecule has 8 aromatic carbocycles. The lowest BCUT2D eigenvalue weighted by atomic mass is 10.0. The molecule has 0 atom stereocenters. The van der Waals surface area contributed by atoms with Gasteiger partial charge in [-0.15, -0.1) is 34.0 Å². The monoisotopic (exact) mass is 715 g/mol. The van der Waals surface area contributed by atoms with Gasteiger partial charge in [-0.1, -0.05) is 127 Å². The van der Waals surface area contributed by atoms with Gasteiger partial charge in [-0.25, -0.2) is 0 Å². The number of rotatable bonds is 5. The van der Waals surface area contributed by atoms with Crippen LogP contribution in [0.25, 0.3) is 82.8 Å². The van der Waals surface area contributed by atoms with E-state index in [9.17, 15) is 0 Å². The van der Waals surface area contributed by atoms with E-state index in [1.165, 1.54) is 94.1 Å². The molecule has 0 N–H and O–H groups in total. The van der Waals surface area contributed by atoms with E-state index in [0.717, 1.165) is 5.69 Å². The second-order valence-electron chi connectivity index (χ2n) is 13.2. The fraction of sp³-hybridized carbons (Fsp3) is 0. The van der Waals surface area contributed by atoms with Gasteiger partial charge in [0.2, 0.25) is 0 Å². The number of hydrogen-bond acceptors (Lipinski definition) is 4. The summed E-state index contributed by atoms with van der Waals surface area (Å²) in [4.78, 5) is 2.50. The molecule has 0 spiro atoms. The fourth-order valence-electron chi connectivity index (χ4n) is 7.89. The van der Waals surface area contributed by atoms with E-state index < -0.39 is 0 Å². The van der Waals surface area contributed by atoms with Crippen molar-refractivity contribution in [2.24, 2.45) is 0 Å². The molecule has 0 unspecified atom stereocenters. The summed E-state index contributed by atoms with van der Waals surface area (Å²) in [6.45, 7) is 0. The van der Waals surface area contributed by atoms with Gasteiger partial charge >= 0.3 is 0 Å². The molecular weight excluding hydrogens is 687 g/mol. The van der Waals surface area contributed by atoms with Crippen molar-refractivity contribution in [2.75, 3.05) is 4.90 Å². The molecule has 0 aliphatic heterocycles. The summed E-state index contributed by atoms with van der Waals surface area (Å²) in [7, 11) is 0. The van der Waals surface area contributed by atoms with Crippen LogP contribution in [0.4, 0.5) is 17.1 Å². The lowest BCUT2D eigenvalue weighted by molar-refractivity contribution is 1.32. The van der Waals surface area contributed by atoms with Crippen LogP contribution >= 0.6 is 34.0 Å².